The molecule has 110 valence electrons. The molecule has 1 fully saturated rings. The van der Waals surface area contributed by atoms with Crippen LogP contribution in [0.1, 0.15) is 62.1 Å². The van der Waals surface area contributed by atoms with Crippen LogP contribution in [0.4, 0.5) is 0 Å². The third kappa shape index (κ3) is 3.19. The van der Waals surface area contributed by atoms with E-state index in [-0.39, 0.29) is 0 Å². The van der Waals surface area contributed by atoms with Crippen molar-refractivity contribution in [2.24, 2.45) is 0 Å². The molecule has 1 atom stereocenters. The highest BCUT2D eigenvalue weighted by Crippen LogP contribution is 2.34. The molecular formula is C17H24ClNO. The molecule has 3 heteroatoms. The van der Waals surface area contributed by atoms with E-state index in [1.54, 1.807) is 0 Å². The SMILES string of the molecule is OC1(CNC2CCc3cc(Cl)ccc32)CCCCCC1. The average Bonchev–Trinajstić information content (AvgIpc) is 2.70. The smallest absolute Gasteiger partial charge is 0.0771 e. The Morgan fingerprint density at radius 2 is 1.95 bits per heavy atom. The number of hydrogen-bond acceptors (Lipinski definition) is 2. The first-order valence-corrected chi connectivity index (χ1v) is 8.28. The number of fused-ring (bicyclic) bond motifs is 1. The van der Waals surface area contributed by atoms with E-state index in [0.717, 1.165) is 50.1 Å². The van der Waals surface area contributed by atoms with Crippen molar-refractivity contribution in [1.29, 1.82) is 0 Å². The molecule has 1 aromatic carbocycles. The van der Waals surface area contributed by atoms with Gasteiger partial charge in [0, 0.05) is 17.6 Å². The van der Waals surface area contributed by atoms with E-state index in [9.17, 15) is 5.11 Å². The van der Waals surface area contributed by atoms with Crippen LogP contribution < -0.4 is 5.32 Å². The minimum Gasteiger partial charge on any atom is -0.389 e. The summed E-state index contributed by atoms with van der Waals surface area (Å²) in [5.74, 6) is 0. The first-order chi connectivity index (χ1) is 9.66. The highest BCUT2D eigenvalue weighted by Gasteiger charge is 2.30. The van der Waals surface area contributed by atoms with Gasteiger partial charge >= 0.3 is 0 Å². The van der Waals surface area contributed by atoms with E-state index < -0.39 is 5.60 Å². The Kier molecular flexibility index (Phi) is 4.34. The predicted molar refractivity (Wildman–Crippen MR) is 83.2 cm³/mol. The molecule has 20 heavy (non-hydrogen) atoms. The van der Waals surface area contributed by atoms with Crippen LogP contribution in [0.3, 0.4) is 0 Å². The maximum absolute atomic E-state index is 10.7. The zero-order valence-corrected chi connectivity index (χ0v) is 12.8. The molecule has 0 amide bonds. The lowest BCUT2D eigenvalue weighted by atomic mass is 9.94. The first-order valence-electron chi connectivity index (χ1n) is 7.90. The Balaban J connectivity index is 1.62. The van der Waals surface area contributed by atoms with Crippen LogP contribution in [0.15, 0.2) is 18.2 Å². The molecule has 0 bridgehead atoms. The summed E-state index contributed by atoms with van der Waals surface area (Å²) in [5.41, 5.74) is 2.24. The lowest BCUT2D eigenvalue weighted by molar-refractivity contribution is 0.0227. The summed E-state index contributed by atoms with van der Waals surface area (Å²) in [5, 5.41) is 15.1. The zero-order valence-electron chi connectivity index (χ0n) is 12.0. The standard InChI is InChI=1S/C17H24ClNO/c18-14-6-7-15-13(11-14)5-8-16(15)19-12-17(20)9-3-1-2-4-10-17/h6-7,11,16,19-20H,1-5,8-10,12H2. The summed E-state index contributed by atoms with van der Waals surface area (Å²) in [6, 6.07) is 6.58. The van der Waals surface area contributed by atoms with Crippen LogP contribution in [0, 0.1) is 0 Å². The van der Waals surface area contributed by atoms with E-state index in [2.05, 4.69) is 17.4 Å². The minimum absolute atomic E-state index is 0.384. The first kappa shape index (κ1) is 14.4. The van der Waals surface area contributed by atoms with E-state index in [4.69, 9.17) is 11.6 Å². The third-order valence-electron chi connectivity index (χ3n) is 4.89. The molecule has 0 heterocycles. The molecule has 0 saturated heterocycles. The van der Waals surface area contributed by atoms with Crippen molar-refractivity contribution < 1.29 is 5.11 Å². The normalized spacial score (nSPS) is 25.2. The van der Waals surface area contributed by atoms with Gasteiger partial charge in [-0.3, -0.25) is 0 Å². The van der Waals surface area contributed by atoms with Crippen molar-refractivity contribution in [2.45, 2.75) is 63.0 Å². The quantitative estimate of drug-likeness (QED) is 0.826. The highest BCUT2D eigenvalue weighted by atomic mass is 35.5. The van der Waals surface area contributed by atoms with Crippen molar-refractivity contribution in [1.82, 2.24) is 5.32 Å². The number of benzene rings is 1. The number of nitrogens with one attached hydrogen (secondary N) is 1. The summed E-state index contributed by atoms with van der Waals surface area (Å²) in [7, 11) is 0. The third-order valence-corrected chi connectivity index (χ3v) is 5.13. The van der Waals surface area contributed by atoms with E-state index in [1.165, 1.54) is 24.0 Å². The maximum Gasteiger partial charge on any atom is 0.0771 e. The van der Waals surface area contributed by atoms with Gasteiger partial charge in [0.1, 0.15) is 0 Å². The van der Waals surface area contributed by atoms with E-state index in [1.807, 2.05) is 6.07 Å². The molecule has 2 nitrogen and oxygen atoms in total. The lowest BCUT2D eigenvalue weighted by Crippen LogP contribution is -2.41. The van der Waals surface area contributed by atoms with Crippen LogP contribution in [-0.4, -0.2) is 17.3 Å². The van der Waals surface area contributed by atoms with Crippen molar-refractivity contribution in [3.05, 3.63) is 34.3 Å². The predicted octanol–water partition coefficient (Wildman–Crippen LogP) is 4.00. The molecule has 0 spiro atoms. The molecule has 2 N–H and O–H groups in total. The van der Waals surface area contributed by atoms with Gasteiger partial charge in [-0.2, -0.15) is 0 Å². The molecule has 0 aromatic heterocycles. The molecule has 1 saturated carbocycles. The molecule has 3 rings (SSSR count). The lowest BCUT2D eigenvalue weighted by Gasteiger charge is -2.29. The monoisotopic (exact) mass is 293 g/mol. The average molecular weight is 294 g/mol. The molecule has 0 radical (unpaired) electrons. The van der Waals surface area contributed by atoms with Gasteiger partial charge in [0.15, 0.2) is 0 Å². The second kappa shape index (κ2) is 6.05. The largest absolute Gasteiger partial charge is 0.389 e. The molecule has 0 aliphatic heterocycles. The molecule has 1 aromatic rings. The fourth-order valence-electron chi connectivity index (χ4n) is 3.67. The van der Waals surface area contributed by atoms with Gasteiger partial charge in [-0.05, 0) is 48.9 Å². The van der Waals surface area contributed by atoms with Crippen molar-refractivity contribution >= 4 is 11.6 Å². The Hall–Kier alpha value is -0.570. The molecule has 2 aliphatic carbocycles. The summed E-state index contributed by atoms with van der Waals surface area (Å²) in [6.45, 7) is 0.722. The van der Waals surface area contributed by atoms with Gasteiger partial charge in [0.25, 0.3) is 0 Å². The van der Waals surface area contributed by atoms with Gasteiger partial charge in [0.2, 0.25) is 0 Å². The maximum atomic E-state index is 10.7. The Labute approximate surface area is 126 Å². The Bertz CT molecular complexity index is 466. The van der Waals surface area contributed by atoms with Gasteiger partial charge in [-0.15, -0.1) is 0 Å². The highest BCUT2D eigenvalue weighted by molar-refractivity contribution is 6.30. The van der Waals surface area contributed by atoms with Crippen LogP contribution in [0.5, 0.6) is 0 Å². The van der Waals surface area contributed by atoms with Gasteiger partial charge in [0.05, 0.1) is 5.60 Å². The van der Waals surface area contributed by atoms with E-state index in [0.29, 0.717) is 6.04 Å². The number of aliphatic hydroxyl groups is 1. The number of rotatable bonds is 3. The van der Waals surface area contributed by atoms with E-state index >= 15 is 0 Å². The Morgan fingerprint density at radius 3 is 2.70 bits per heavy atom. The second-order valence-electron chi connectivity index (χ2n) is 6.45. The van der Waals surface area contributed by atoms with Crippen molar-refractivity contribution in [2.75, 3.05) is 6.54 Å². The minimum atomic E-state index is -0.494. The topological polar surface area (TPSA) is 32.3 Å². The summed E-state index contributed by atoms with van der Waals surface area (Å²) < 4.78 is 0. The Morgan fingerprint density at radius 1 is 1.20 bits per heavy atom. The zero-order chi connectivity index (χ0) is 14.0. The van der Waals surface area contributed by atoms with Crippen LogP contribution in [-0.2, 0) is 6.42 Å². The summed E-state index contributed by atoms with van der Waals surface area (Å²) >= 11 is 6.05. The second-order valence-corrected chi connectivity index (χ2v) is 6.89. The number of hydrogen-bond donors (Lipinski definition) is 2. The van der Waals surface area contributed by atoms with Crippen LogP contribution in [0.25, 0.3) is 0 Å². The van der Waals surface area contributed by atoms with Crippen LogP contribution >= 0.6 is 11.6 Å². The fraction of sp³-hybridized carbons (Fsp3) is 0.647. The van der Waals surface area contributed by atoms with Crippen molar-refractivity contribution in [3.63, 3.8) is 0 Å². The summed E-state index contributed by atoms with van der Waals surface area (Å²) in [6.07, 6.45) is 8.96. The van der Waals surface area contributed by atoms with Gasteiger partial charge in [-0.1, -0.05) is 43.4 Å². The molecular weight excluding hydrogens is 270 g/mol. The summed E-state index contributed by atoms with van der Waals surface area (Å²) in [4.78, 5) is 0. The van der Waals surface area contributed by atoms with Gasteiger partial charge in [-0.25, -0.2) is 0 Å². The number of halogens is 1. The molecule has 1 unspecified atom stereocenters. The van der Waals surface area contributed by atoms with Crippen molar-refractivity contribution in [3.8, 4) is 0 Å². The van der Waals surface area contributed by atoms with Crippen LogP contribution in [0.2, 0.25) is 5.02 Å². The molecule has 2 aliphatic rings. The van der Waals surface area contributed by atoms with Gasteiger partial charge < -0.3 is 10.4 Å². The number of aryl methyl sites for hydroxylation is 1. The fourth-order valence-corrected chi connectivity index (χ4v) is 3.87.